The average Bonchev–Trinajstić information content (AvgIpc) is 0.812. The Morgan fingerprint density at radius 3 is 0.636 bits per heavy atom. The van der Waals surface area contributed by atoms with E-state index in [-0.39, 0.29) is 164 Å². The molecular weight excluding hydrogens is 1360 g/mol. The Morgan fingerprint density at radius 2 is 0.439 bits per heavy atom. The third-order valence-corrected chi connectivity index (χ3v) is 18.0. The minimum Gasteiger partial charge on any atom is -0.491 e. The van der Waals surface area contributed by atoms with Gasteiger partial charge in [0.1, 0.15) is 74.1 Å². The molecule has 107 heavy (non-hydrogen) atoms. The van der Waals surface area contributed by atoms with Gasteiger partial charge in [-0.25, -0.2) is 0 Å². The molecule has 6 atom stereocenters. The molecule has 0 bridgehead atoms. The van der Waals surface area contributed by atoms with Crippen molar-refractivity contribution in [2.24, 2.45) is 0 Å². The number of aliphatic hydroxyl groups is 6. The summed E-state index contributed by atoms with van der Waals surface area (Å²) in [7, 11) is 0. The number of hydrogen-bond acceptors (Lipinski definition) is 18. The van der Waals surface area contributed by atoms with E-state index < -0.39 is 36.6 Å². The van der Waals surface area contributed by atoms with E-state index in [1.807, 2.05) is 121 Å². The Hall–Kier alpha value is -9.66. The number of Topliss-reactive ketones (excluding diaryl/α,β-unsaturated/α-hetero) is 6. The lowest BCUT2D eigenvalue weighted by Gasteiger charge is -2.20. The number of hydrogen-bond donors (Lipinski definition) is 6. The average molecular weight is 1470 g/mol. The highest BCUT2D eigenvalue weighted by Crippen LogP contribution is 2.34. The predicted octanol–water partition coefficient (Wildman–Crippen LogP) is 13.6. The number of allylic oxidation sites excluding steroid dienone is 6. The fourth-order valence-electron chi connectivity index (χ4n) is 11.3. The summed E-state index contributed by atoms with van der Waals surface area (Å²) in [6, 6.07) is 38.2. The first-order valence-electron chi connectivity index (χ1n) is 36.5. The molecule has 0 heterocycles. The first-order valence-corrected chi connectivity index (χ1v) is 36.5. The van der Waals surface area contributed by atoms with E-state index in [4.69, 9.17) is 28.4 Å². The normalized spacial score (nSPS) is 12.8. The first-order chi connectivity index (χ1) is 50.9. The van der Waals surface area contributed by atoms with E-state index >= 15 is 0 Å². The smallest absolute Gasteiger partial charge is 0.158 e. The van der Waals surface area contributed by atoms with Crippen molar-refractivity contribution in [1.82, 2.24) is 0 Å². The molecule has 6 unspecified atom stereocenters. The van der Waals surface area contributed by atoms with Crippen molar-refractivity contribution in [3.8, 4) is 34.5 Å². The molecule has 0 spiro atoms. The van der Waals surface area contributed by atoms with Crippen LogP contribution in [0.2, 0.25) is 0 Å². The molecule has 0 saturated heterocycles. The van der Waals surface area contributed by atoms with Gasteiger partial charge in [-0.1, -0.05) is 112 Å². The molecule has 6 aromatic carbocycles. The monoisotopic (exact) mass is 1460 g/mol. The number of rotatable bonds is 52. The van der Waals surface area contributed by atoms with E-state index in [0.29, 0.717) is 98.3 Å². The predicted molar refractivity (Wildman–Crippen MR) is 416 cm³/mol. The molecule has 6 N–H and O–H groups in total. The molecule has 0 aromatic heterocycles. The standard InChI is InChI=1S/C89H108O18/c1-56(2)80(96)31-21-72(90)50-102-78-27-13-62(14-28-78)41-64-17-37-86(104-52-74(92)23-33-82(98)58(5)6)68(44-64)48-70-46-66(19-39-88(70)106-54-76(94)25-35-84(100)60(9)10)43-67-20-40-89(107-55-77(95)26-36-85(101)61(11)12)71(47-67)49-69-45-65(18-38-87(69)105-53-75(93)24-34-83(99)59(7)8)42-63-15-29-79(30-16-63)103-51-73(91)22-32-81(97)57(3)4/h13-20,27-30,37-40,44-47,72-77,90-95H,1,3,5,7,9,11,21-26,31-36,41-43,48-55H2,2,4,6,8,10,12H3. The summed E-state index contributed by atoms with van der Waals surface area (Å²) >= 11 is 0. The molecule has 0 fully saturated rings. The van der Waals surface area contributed by atoms with Crippen LogP contribution in [0.4, 0.5) is 0 Å². The zero-order valence-electron chi connectivity index (χ0n) is 63.1. The highest BCUT2D eigenvalue weighted by Gasteiger charge is 2.22. The minimum atomic E-state index is -1.00. The molecule has 0 amide bonds. The molecule has 572 valence electrons. The molecule has 6 aromatic rings. The molecule has 0 aliphatic rings. The van der Waals surface area contributed by atoms with Crippen molar-refractivity contribution in [1.29, 1.82) is 0 Å². The lowest BCUT2D eigenvalue weighted by Crippen LogP contribution is -2.20. The largest absolute Gasteiger partial charge is 0.491 e. The third kappa shape index (κ3) is 31.0. The zero-order valence-corrected chi connectivity index (χ0v) is 63.1. The van der Waals surface area contributed by atoms with E-state index in [1.54, 1.807) is 41.5 Å². The van der Waals surface area contributed by atoms with Gasteiger partial charge in [0, 0.05) is 51.4 Å². The fraction of sp³-hybridized carbons (Fsp3) is 0.393. The van der Waals surface area contributed by atoms with E-state index in [0.717, 1.165) is 44.5 Å². The van der Waals surface area contributed by atoms with Gasteiger partial charge in [0.05, 0.1) is 36.6 Å². The van der Waals surface area contributed by atoms with Crippen LogP contribution in [0, 0.1) is 0 Å². The molecule has 18 heteroatoms. The molecular formula is C89H108O18. The highest BCUT2D eigenvalue weighted by atomic mass is 16.5. The van der Waals surface area contributed by atoms with Crippen LogP contribution in [0.25, 0.3) is 0 Å². The van der Waals surface area contributed by atoms with Gasteiger partial charge in [-0.05, 0) is 237 Å². The van der Waals surface area contributed by atoms with Crippen LogP contribution in [-0.2, 0) is 60.9 Å². The summed E-state index contributed by atoms with van der Waals surface area (Å²) in [5, 5.41) is 65.8. The fourth-order valence-corrected chi connectivity index (χ4v) is 11.3. The van der Waals surface area contributed by atoms with E-state index in [1.165, 1.54) is 0 Å². The van der Waals surface area contributed by atoms with Crippen LogP contribution < -0.4 is 28.4 Å². The number of carbonyl (C=O) groups is 6. The van der Waals surface area contributed by atoms with Gasteiger partial charge in [0.25, 0.3) is 0 Å². The van der Waals surface area contributed by atoms with Crippen LogP contribution in [-0.4, -0.2) is 142 Å². The van der Waals surface area contributed by atoms with Crippen LogP contribution in [0.3, 0.4) is 0 Å². The molecule has 0 aliphatic heterocycles. The maximum Gasteiger partial charge on any atom is 0.158 e. The Balaban J connectivity index is 1.38. The van der Waals surface area contributed by atoms with Crippen LogP contribution in [0.1, 0.15) is 174 Å². The van der Waals surface area contributed by atoms with E-state index in [2.05, 4.69) is 39.5 Å². The van der Waals surface area contributed by atoms with Crippen molar-refractivity contribution in [2.45, 2.75) is 187 Å². The second-order valence-electron chi connectivity index (χ2n) is 28.2. The van der Waals surface area contributed by atoms with Gasteiger partial charge in [-0.3, -0.25) is 28.8 Å². The van der Waals surface area contributed by atoms with Crippen molar-refractivity contribution in [3.63, 3.8) is 0 Å². The first kappa shape index (κ1) is 86.3. The second-order valence-corrected chi connectivity index (χ2v) is 28.2. The summed E-state index contributed by atoms with van der Waals surface area (Å²) < 4.78 is 37.5. The Kier molecular flexibility index (Phi) is 35.3. The number of ketones is 6. The Bertz CT molecular complexity index is 3820. The quantitative estimate of drug-likeness (QED) is 0.0194. The van der Waals surface area contributed by atoms with Gasteiger partial charge in [-0.2, -0.15) is 0 Å². The topological polar surface area (TPSA) is 279 Å². The molecule has 18 nitrogen and oxygen atoms in total. The van der Waals surface area contributed by atoms with Crippen molar-refractivity contribution >= 4 is 34.7 Å². The van der Waals surface area contributed by atoms with E-state index in [9.17, 15) is 59.4 Å². The molecule has 6 rings (SSSR count). The Labute approximate surface area is 630 Å². The second kappa shape index (κ2) is 43.8. The summed E-state index contributed by atoms with van der Waals surface area (Å²) in [4.78, 5) is 74.3. The Morgan fingerprint density at radius 1 is 0.262 bits per heavy atom. The van der Waals surface area contributed by atoms with Gasteiger partial charge >= 0.3 is 0 Å². The van der Waals surface area contributed by atoms with Gasteiger partial charge < -0.3 is 59.1 Å². The highest BCUT2D eigenvalue weighted by molar-refractivity contribution is 5.96. The van der Waals surface area contributed by atoms with Crippen LogP contribution in [0.5, 0.6) is 34.5 Å². The van der Waals surface area contributed by atoms with Crippen molar-refractivity contribution < 1.29 is 87.8 Å². The SMILES string of the molecule is C=C(C)C(=O)CCC(O)COc1ccc(Cc2ccc(OCC(O)CCC(=O)C(=C)C)c(Cc3cc(Cc4ccc(OCC(O)CCC(=O)C(=C)C)c(Cc5cc(Cc6ccc(OCC(O)CCC(=O)C(=C)C)cc6)ccc5OCC(O)CCC(=O)C(=C)C)c4)ccc3OCC(O)CCC(=O)C(=C)C)c2)cc1. The summed E-state index contributed by atoms with van der Waals surface area (Å²) in [6.07, 6.45) is -2.14. The lowest BCUT2D eigenvalue weighted by molar-refractivity contribution is -0.116. The number of ether oxygens (including phenoxy) is 6. The summed E-state index contributed by atoms with van der Waals surface area (Å²) in [6.45, 7) is 31.7. The van der Waals surface area contributed by atoms with Crippen LogP contribution in [0.15, 0.2) is 194 Å². The molecule has 0 aliphatic carbocycles. The molecule has 0 radical (unpaired) electrons. The maximum absolute atomic E-state index is 12.6. The van der Waals surface area contributed by atoms with Crippen LogP contribution >= 0.6 is 0 Å². The van der Waals surface area contributed by atoms with Crippen molar-refractivity contribution in [2.75, 3.05) is 39.6 Å². The van der Waals surface area contributed by atoms with Gasteiger partial charge in [0.15, 0.2) is 34.7 Å². The van der Waals surface area contributed by atoms with Gasteiger partial charge in [-0.15, -0.1) is 0 Å². The third-order valence-electron chi connectivity index (χ3n) is 18.0. The number of carbonyl (C=O) groups excluding carboxylic acids is 6. The van der Waals surface area contributed by atoms with Gasteiger partial charge in [0.2, 0.25) is 0 Å². The zero-order chi connectivity index (χ0) is 78.3. The number of benzene rings is 6. The lowest BCUT2D eigenvalue weighted by atomic mass is 9.94. The maximum atomic E-state index is 12.6. The summed E-state index contributed by atoms with van der Waals surface area (Å²) in [5.41, 5.74) is 10.7. The summed E-state index contributed by atoms with van der Waals surface area (Å²) in [5.74, 6) is 2.05. The van der Waals surface area contributed by atoms with Crippen molar-refractivity contribution in [3.05, 3.63) is 250 Å². The molecule has 0 saturated carbocycles. The minimum absolute atomic E-state index is 0.00283. The number of aliphatic hydroxyl groups excluding tert-OH is 6.